The number of hydrogen-bond donors (Lipinski definition) is 1. The predicted octanol–water partition coefficient (Wildman–Crippen LogP) is 3.23. The SMILES string of the molecule is CCCCn1ccc(-c2ccccc2OCCCN(C)C)c(N)c1=O. The third kappa shape index (κ3) is 5.10. The Labute approximate surface area is 150 Å². The highest BCUT2D eigenvalue weighted by Gasteiger charge is 2.13. The molecule has 0 unspecified atom stereocenters. The van der Waals surface area contributed by atoms with Gasteiger partial charge in [0.05, 0.1) is 6.61 Å². The van der Waals surface area contributed by atoms with Crippen LogP contribution in [0.15, 0.2) is 41.3 Å². The highest BCUT2D eigenvalue weighted by Crippen LogP contribution is 2.32. The summed E-state index contributed by atoms with van der Waals surface area (Å²) in [5, 5.41) is 0. The van der Waals surface area contributed by atoms with E-state index in [0.717, 1.165) is 42.7 Å². The first kappa shape index (κ1) is 19.1. The average Bonchev–Trinajstić information content (AvgIpc) is 2.60. The minimum atomic E-state index is -0.131. The molecule has 0 saturated carbocycles. The molecule has 25 heavy (non-hydrogen) atoms. The molecule has 0 atom stereocenters. The summed E-state index contributed by atoms with van der Waals surface area (Å²) >= 11 is 0. The number of rotatable bonds is 9. The smallest absolute Gasteiger partial charge is 0.274 e. The van der Waals surface area contributed by atoms with Crippen molar-refractivity contribution in [3.05, 3.63) is 46.9 Å². The lowest BCUT2D eigenvalue weighted by Gasteiger charge is -2.15. The topological polar surface area (TPSA) is 60.5 Å². The molecular weight excluding hydrogens is 314 g/mol. The molecule has 1 aromatic carbocycles. The molecule has 0 aliphatic carbocycles. The molecule has 0 saturated heterocycles. The zero-order valence-corrected chi connectivity index (χ0v) is 15.5. The van der Waals surface area contributed by atoms with E-state index < -0.39 is 0 Å². The fraction of sp³-hybridized carbons (Fsp3) is 0.450. The number of pyridine rings is 1. The maximum absolute atomic E-state index is 12.5. The van der Waals surface area contributed by atoms with Crippen molar-refractivity contribution < 1.29 is 4.74 Å². The molecule has 5 heteroatoms. The monoisotopic (exact) mass is 343 g/mol. The second-order valence-corrected chi connectivity index (χ2v) is 6.50. The summed E-state index contributed by atoms with van der Waals surface area (Å²) in [5.74, 6) is 0.763. The van der Waals surface area contributed by atoms with E-state index in [0.29, 0.717) is 13.2 Å². The standard InChI is InChI=1S/C20H29N3O2/c1-4-5-13-23-14-11-17(19(21)20(23)24)16-9-6-7-10-18(16)25-15-8-12-22(2)3/h6-7,9-11,14H,4-5,8,12-13,15,21H2,1-3H3. The van der Waals surface area contributed by atoms with Crippen LogP contribution in [0.2, 0.25) is 0 Å². The minimum absolute atomic E-state index is 0.131. The molecule has 0 radical (unpaired) electrons. The van der Waals surface area contributed by atoms with Crippen LogP contribution >= 0.6 is 0 Å². The number of anilines is 1. The first-order valence-corrected chi connectivity index (χ1v) is 8.90. The van der Waals surface area contributed by atoms with E-state index >= 15 is 0 Å². The zero-order chi connectivity index (χ0) is 18.2. The number of unbranched alkanes of at least 4 members (excludes halogenated alkanes) is 1. The van der Waals surface area contributed by atoms with E-state index in [9.17, 15) is 4.79 Å². The first-order chi connectivity index (χ1) is 12.0. The molecule has 0 spiro atoms. The number of aryl methyl sites for hydroxylation is 1. The molecule has 2 rings (SSSR count). The number of nitrogens with two attached hydrogens (primary N) is 1. The Bertz CT molecular complexity index is 738. The molecule has 0 aliphatic heterocycles. The number of hydrogen-bond acceptors (Lipinski definition) is 4. The molecule has 0 aliphatic rings. The third-order valence-corrected chi connectivity index (χ3v) is 4.14. The lowest BCUT2D eigenvalue weighted by Crippen LogP contribution is -2.23. The van der Waals surface area contributed by atoms with E-state index in [2.05, 4.69) is 11.8 Å². The van der Waals surface area contributed by atoms with Crippen LogP contribution in [0.3, 0.4) is 0 Å². The van der Waals surface area contributed by atoms with Gasteiger partial charge in [0, 0.05) is 30.4 Å². The van der Waals surface area contributed by atoms with Gasteiger partial charge < -0.3 is 19.9 Å². The van der Waals surface area contributed by atoms with Gasteiger partial charge in [-0.2, -0.15) is 0 Å². The van der Waals surface area contributed by atoms with Crippen LogP contribution in [0.4, 0.5) is 5.69 Å². The molecule has 1 heterocycles. The van der Waals surface area contributed by atoms with Crippen LogP contribution in [0, 0.1) is 0 Å². The molecule has 2 aromatic rings. The number of nitrogen functional groups attached to an aromatic ring is 1. The van der Waals surface area contributed by atoms with Gasteiger partial charge in [-0.25, -0.2) is 0 Å². The summed E-state index contributed by atoms with van der Waals surface area (Å²) in [6.07, 6.45) is 4.77. The average molecular weight is 343 g/mol. The van der Waals surface area contributed by atoms with Crippen LogP contribution in [0.25, 0.3) is 11.1 Å². The summed E-state index contributed by atoms with van der Waals surface area (Å²) in [6, 6.07) is 9.65. The number of benzene rings is 1. The molecule has 1 aromatic heterocycles. The van der Waals surface area contributed by atoms with Gasteiger partial charge in [-0.3, -0.25) is 4.79 Å². The van der Waals surface area contributed by atoms with E-state index in [1.54, 1.807) is 4.57 Å². The summed E-state index contributed by atoms with van der Waals surface area (Å²) in [7, 11) is 4.09. The number of ether oxygens (including phenoxy) is 1. The van der Waals surface area contributed by atoms with Gasteiger partial charge in [0.1, 0.15) is 11.4 Å². The van der Waals surface area contributed by atoms with Gasteiger partial charge in [0.15, 0.2) is 0 Å². The predicted molar refractivity (Wildman–Crippen MR) is 104 cm³/mol. The molecule has 0 bridgehead atoms. The second kappa shape index (κ2) is 9.28. The fourth-order valence-electron chi connectivity index (χ4n) is 2.71. The van der Waals surface area contributed by atoms with Crippen molar-refractivity contribution in [3.8, 4) is 16.9 Å². The Balaban J connectivity index is 2.24. The number of aromatic nitrogens is 1. The van der Waals surface area contributed by atoms with E-state index in [-0.39, 0.29) is 11.2 Å². The van der Waals surface area contributed by atoms with Crippen molar-refractivity contribution in [1.82, 2.24) is 9.47 Å². The number of nitrogens with zero attached hydrogens (tertiary/aromatic N) is 2. The summed E-state index contributed by atoms with van der Waals surface area (Å²) in [6.45, 7) is 4.40. The van der Waals surface area contributed by atoms with Crippen LogP contribution in [0.1, 0.15) is 26.2 Å². The van der Waals surface area contributed by atoms with Gasteiger partial charge in [-0.15, -0.1) is 0 Å². The van der Waals surface area contributed by atoms with Gasteiger partial charge in [0.25, 0.3) is 5.56 Å². The van der Waals surface area contributed by atoms with Gasteiger partial charge in [-0.1, -0.05) is 31.5 Å². The number of para-hydroxylation sites is 1. The normalized spacial score (nSPS) is 11.0. The molecule has 136 valence electrons. The van der Waals surface area contributed by atoms with Crippen molar-refractivity contribution in [2.24, 2.45) is 0 Å². The second-order valence-electron chi connectivity index (χ2n) is 6.50. The Kier molecular flexibility index (Phi) is 7.07. The molecule has 2 N–H and O–H groups in total. The van der Waals surface area contributed by atoms with Crippen molar-refractivity contribution in [3.63, 3.8) is 0 Å². The van der Waals surface area contributed by atoms with E-state index in [1.165, 1.54) is 0 Å². The Morgan fingerprint density at radius 1 is 1.12 bits per heavy atom. The quantitative estimate of drug-likeness (QED) is 0.710. The highest BCUT2D eigenvalue weighted by molar-refractivity contribution is 5.79. The van der Waals surface area contributed by atoms with E-state index in [4.69, 9.17) is 10.5 Å². The van der Waals surface area contributed by atoms with Crippen molar-refractivity contribution in [1.29, 1.82) is 0 Å². The summed E-state index contributed by atoms with van der Waals surface area (Å²) < 4.78 is 7.62. The molecule has 0 fully saturated rings. The Morgan fingerprint density at radius 3 is 2.60 bits per heavy atom. The third-order valence-electron chi connectivity index (χ3n) is 4.14. The maximum Gasteiger partial charge on any atom is 0.274 e. The van der Waals surface area contributed by atoms with Crippen molar-refractivity contribution in [2.75, 3.05) is 33.0 Å². The summed E-state index contributed by atoms with van der Waals surface area (Å²) in [4.78, 5) is 14.6. The Morgan fingerprint density at radius 2 is 1.88 bits per heavy atom. The minimum Gasteiger partial charge on any atom is -0.493 e. The van der Waals surface area contributed by atoms with Crippen molar-refractivity contribution >= 4 is 5.69 Å². The van der Waals surface area contributed by atoms with E-state index in [1.807, 2.05) is 50.6 Å². The van der Waals surface area contributed by atoms with Crippen LogP contribution in [-0.4, -0.2) is 36.7 Å². The maximum atomic E-state index is 12.5. The van der Waals surface area contributed by atoms with Gasteiger partial charge in [-0.05, 0) is 39.1 Å². The lowest BCUT2D eigenvalue weighted by molar-refractivity contribution is 0.282. The van der Waals surface area contributed by atoms with Crippen LogP contribution in [-0.2, 0) is 6.54 Å². The van der Waals surface area contributed by atoms with Crippen molar-refractivity contribution in [2.45, 2.75) is 32.7 Å². The Hall–Kier alpha value is -2.27. The molecular formula is C20H29N3O2. The summed E-state index contributed by atoms with van der Waals surface area (Å²) in [5.41, 5.74) is 7.91. The van der Waals surface area contributed by atoms with Gasteiger partial charge >= 0.3 is 0 Å². The molecule has 0 amide bonds. The highest BCUT2D eigenvalue weighted by atomic mass is 16.5. The largest absolute Gasteiger partial charge is 0.493 e. The van der Waals surface area contributed by atoms with Gasteiger partial charge in [0.2, 0.25) is 0 Å². The zero-order valence-electron chi connectivity index (χ0n) is 15.5. The molecule has 5 nitrogen and oxygen atoms in total. The fourth-order valence-corrected chi connectivity index (χ4v) is 2.71. The first-order valence-electron chi connectivity index (χ1n) is 8.90. The van der Waals surface area contributed by atoms with Crippen LogP contribution in [0.5, 0.6) is 5.75 Å². The van der Waals surface area contributed by atoms with Crippen LogP contribution < -0.4 is 16.0 Å². The lowest BCUT2D eigenvalue weighted by atomic mass is 10.0.